The van der Waals surface area contributed by atoms with E-state index >= 15 is 0 Å². The molecule has 1 aliphatic carbocycles. The molecule has 1 rings (SSSR count). The highest BCUT2D eigenvalue weighted by molar-refractivity contribution is 5.83. The molecule has 0 bridgehead atoms. The molecule has 0 radical (unpaired) electrons. The Morgan fingerprint density at radius 2 is 1.50 bits per heavy atom. The minimum Gasteiger partial charge on any atom is -0.293 e. The number of hydrogen-bond donors (Lipinski definition) is 0. The van der Waals surface area contributed by atoms with E-state index in [4.69, 9.17) is 0 Å². The number of hydrogen-bond acceptors (Lipinski definition) is 1. The second-order valence-corrected chi connectivity index (χ2v) is 6.79. The zero-order valence-electron chi connectivity index (χ0n) is 10.9. The third-order valence-electron chi connectivity index (χ3n) is 3.54. The Hall–Kier alpha value is -0.470. The smallest absolute Gasteiger partial charge is 0.293 e. The lowest BCUT2D eigenvalue weighted by Crippen LogP contribution is -2.45. The van der Waals surface area contributed by atoms with Gasteiger partial charge < -0.3 is 0 Å². The van der Waals surface area contributed by atoms with E-state index < -0.39 is 17.6 Å². The number of Topliss-reactive ketones (excluding diaryl/α,β-unsaturated/α-hetero) is 1. The molecular formula is C13H22F2O. The quantitative estimate of drug-likeness (QED) is 0.701. The normalized spacial score (nSPS) is 25.4. The predicted octanol–water partition coefficient (Wildman–Crippen LogP) is 4.06. The highest BCUT2D eigenvalue weighted by Crippen LogP contribution is 2.52. The van der Waals surface area contributed by atoms with Gasteiger partial charge in [-0.3, -0.25) is 4.79 Å². The summed E-state index contributed by atoms with van der Waals surface area (Å²) in [6.07, 6.45) is 1.80. The first kappa shape index (κ1) is 13.6. The molecular weight excluding hydrogens is 210 g/mol. The second-order valence-electron chi connectivity index (χ2n) is 6.79. The van der Waals surface area contributed by atoms with Crippen molar-refractivity contribution in [2.75, 3.05) is 0 Å². The van der Waals surface area contributed by atoms with Crippen LogP contribution in [0.3, 0.4) is 0 Å². The van der Waals surface area contributed by atoms with Crippen LogP contribution in [0.4, 0.5) is 8.78 Å². The number of halogens is 2. The van der Waals surface area contributed by atoms with Gasteiger partial charge in [-0.25, -0.2) is 0 Å². The van der Waals surface area contributed by atoms with E-state index in [-0.39, 0.29) is 10.8 Å². The van der Waals surface area contributed by atoms with E-state index in [0.29, 0.717) is 12.8 Å². The lowest BCUT2D eigenvalue weighted by atomic mass is 9.60. The van der Waals surface area contributed by atoms with E-state index in [9.17, 15) is 13.6 Å². The number of rotatable bonds is 2. The van der Waals surface area contributed by atoms with Crippen molar-refractivity contribution in [1.82, 2.24) is 0 Å². The summed E-state index contributed by atoms with van der Waals surface area (Å²) in [6, 6.07) is 0. The minimum atomic E-state index is -3.16. The van der Waals surface area contributed by atoms with Crippen molar-refractivity contribution in [1.29, 1.82) is 0 Å². The Bertz CT molecular complexity index is 276. The molecule has 0 aromatic heterocycles. The largest absolute Gasteiger partial charge is 0.307 e. The van der Waals surface area contributed by atoms with Gasteiger partial charge in [0.25, 0.3) is 0 Å². The fraction of sp³-hybridized carbons (Fsp3) is 0.923. The molecule has 1 saturated carbocycles. The predicted molar refractivity (Wildman–Crippen MR) is 60.5 cm³/mol. The zero-order chi connectivity index (χ0) is 12.8. The first-order chi connectivity index (χ1) is 6.96. The summed E-state index contributed by atoms with van der Waals surface area (Å²) >= 11 is 0. The lowest BCUT2D eigenvalue weighted by molar-refractivity contribution is -0.158. The van der Waals surface area contributed by atoms with Crippen molar-refractivity contribution in [2.24, 2.45) is 16.7 Å². The molecule has 0 heterocycles. The molecule has 0 spiro atoms. The molecule has 3 heteroatoms. The van der Waals surface area contributed by atoms with E-state index in [1.807, 2.05) is 27.7 Å². The molecule has 0 aliphatic heterocycles. The highest BCUT2D eigenvalue weighted by Gasteiger charge is 2.51. The van der Waals surface area contributed by atoms with Crippen molar-refractivity contribution >= 4 is 5.78 Å². The van der Waals surface area contributed by atoms with Gasteiger partial charge in [-0.2, -0.15) is 8.78 Å². The second kappa shape index (κ2) is 3.78. The summed E-state index contributed by atoms with van der Waals surface area (Å²) in [5.41, 5.74) is -0.212. The molecule has 0 amide bonds. The van der Waals surface area contributed by atoms with Crippen LogP contribution in [0.2, 0.25) is 0 Å². The van der Waals surface area contributed by atoms with Crippen molar-refractivity contribution in [2.45, 2.75) is 59.8 Å². The monoisotopic (exact) mass is 232 g/mol. The fourth-order valence-corrected chi connectivity index (χ4v) is 3.39. The number of ketones is 1. The summed E-state index contributed by atoms with van der Waals surface area (Å²) in [5.74, 6) is -4.95. The average molecular weight is 232 g/mol. The van der Waals surface area contributed by atoms with Gasteiger partial charge in [0.15, 0.2) is 5.78 Å². The Balaban J connectivity index is 2.95. The van der Waals surface area contributed by atoms with Crippen LogP contribution in [-0.4, -0.2) is 11.7 Å². The average Bonchev–Trinajstić information content (AvgIpc) is 1.97. The Morgan fingerprint density at radius 1 is 1.12 bits per heavy atom. The van der Waals surface area contributed by atoms with Crippen LogP contribution in [0.25, 0.3) is 0 Å². The third kappa shape index (κ3) is 2.80. The van der Waals surface area contributed by atoms with E-state index in [1.54, 1.807) is 0 Å². The van der Waals surface area contributed by atoms with Gasteiger partial charge in [-0.1, -0.05) is 27.7 Å². The van der Waals surface area contributed by atoms with E-state index in [2.05, 4.69) is 0 Å². The van der Waals surface area contributed by atoms with Crippen LogP contribution in [0, 0.1) is 16.7 Å². The van der Waals surface area contributed by atoms with Crippen molar-refractivity contribution in [3.05, 3.63) is 0 Å². The minimum absolute atomic E-state index is 0.106. The maximum absolute atomic E-state index is 13.8. The molecule has 0 unspecified atom stereocenters. The first-order valence-electron chi connectivity index (χ1n) is 5.85. The molecule has 0 N–H and O–H groups in total. The summed E-state index contributed by atoms with van der Waals surface area (Å²) in [5, 5.41) is 0. The van der Waals surface area contributed by atoms with Gasteiger partial charge >= 0.3 is 5.92 Å². The van der Waals surface area contributed by atoms with Gasteiger partial charge in [-0.15, -0.1) is 0 Å². The number of carbonyl (C=O) groups excluding carboxylic acids is 1. The van der Waals surface area contributed by atoms with Crippen molar-refractivity contribution in [3.63, 3.8) is 0 Å². The van der Waals surface area contributed by atoms with Gasteiger partial charge in [0.1, 0.15) is 0 Å². The Morgan fingerprint density at radius 3 is 1.81 bits per heavy atom. The van der Waals surface area contributed by atoms with Crippen LogP contribution in [-0.2, 0) is 4.79 Å². The van der Waals surface area contributed by atoms with Crippen LogP contribution < -0.4 is 0 Å². The number of carbonyl (C=O) groups is 1. The highest BCUT2D eigenvalue weighted by atomic mass is 19.3. The molecule has 0 aromatic carbocycles. The fourth-order valence-electron chi connectivity index (χ4n) is 3.39. The van der Waals surface area contributed by atoms with Crippen molar-refractivity contribution in [3.8, 4) is 0 Å². The molecule has 1 fully saturated rings. The molecule has 0 aromatic rings. The summed E-state index contributed by atoms with van der Waals surface area (Å²) in [4.78, 5) is 11.0. The summed E-state index contributed by atoms with van der Waals surface area (Å²) in [6.45, 7) is 9.04. The van der Waals surface area contributed by atoms with E-state index in [1.165, 1.54) is 0 Å². The lowest BCUT2D eigenvalue weighted by Gasteiger charge is -2.46. The van der Waals surface area contributed by atoms with Crippen LogP contribution in [0.1, 0.15) is 53.9 Å². The Kier molecular flexibility index (Phi) is 3.21. The summed E-state index contributed by atoms with van der Waals surface area (Å²) < 4.78 is 27.5. The molecule has 1 nitrogen and oxygen atoms in total. The van der Waals surface area contributed by atoms with Crippen molar-refractivity contribution < 1.29 is 13.6 Å². The standard InChI is InChI=1S/C13H22F2O/c1-9(16)13(14,15)10-6-11(2,3)8-12(4,5)7-10/h10H,6-8H2,1-5H3. The molecule has 0 saturated heterocycles. The maximum Gasteiger partial charge on any atom is 0.307 e. The Labute approximate surface area is 96.6 Å². The van der Waals surface area contributed by atoms with Crippen LogP contribution in [0.5, 0.6) is 0 Å². The molecule has 16 heavy (non-hydrogen) atoms. The first-order valence-corrected chi connectivity index (χ1v) is 5.85. The molecule has 1 aliphatic rings. The topological polar surface area (TPSA) is 17.1 Å². The van der Waals surface area contributed by atoms with Crippen LogP contribution >= 0.6 is 0 Å². The molecule has 0 atom stereocenters. The van der Waals surface area contributed by atoms with Gasteiger partial charge in [0, 0.05) is 12.8 Å². The van der Waals surface area contributed by atoms with Gasteiger partial charge in [0.2, 0.25) is 0 Å². The zero-order valence-corrected chi connectivity index (χ0v) is 10.9. The van der Waals surface area contributed by atoms with Crippen LogP contribution in [0.15, 0.2) is 0 Å². The SMILES string of the molecule is CC(=O)C(F)(F)C1CC(C)(C)CC(C)(C)C1. The third-order valence-corrected chi connectivity index (χ3v) is 3.54. The van der Waals surface area contributed by atoms with Gasteiger partial charge in [0.05, 0.1) is 0 Å². The summed E-state index contributed by atoms with van der Waals surface area (Å²) in [7, 11) is 0. The number of alkyl halides is 2. The molecule has 94 valence electrons. The van der Waals surface area contributed by atoms with Gasteiger partial charge in [-0.05, 0) is 30.1 Å². The maximum atomic E-state index is 13.8. The van der Waals surface area contributed by atoms with E-state index in [0.717, 1.165) is 13.3 Å².